The Morgan fingerprint density at radius 3 is 2.77 bits per heavy atom. The summed E-state index contributed by atoms with van der Waals surface area (Å²) >= 11 is 0. The minimum Gasteiger partial charge on any atom is -0.454 e. The van der Waals surface area contributed by atoms with E-state index in [9.17, 15) is 9.18 Å². The lowest BCUT2D eigenvalue weighted by molar-refractivity contribution is -0.145. The van der Waals surface area contributed by atoms with Gasteiger partial charge in [0.05, 0.1) is 12.6 Å². The Morgan fingerprint density at radius 2 is 2.03 bits per heavy atom. The molecule has 154 valence electrons. The van der Waals surface area contributed by atoms with Crippen LogP contribution in [0.5, 0.6) is 11.5 Å². The minimum atomic E-state index is -0.473. The number of hydrogen-bond donors (Lipinski definition) is 1. The molecular formula is C23H22FN3O3. The molecule has 2 heterocycles. The van der Waals surface area contributed by atoms with Crippen LogP contribution in [0, 0.1) is 5.82 Å². The van der Waals surface area contributed by atoms with Gasteiger partial charge in [-0.1, -0.05) is 18.2 Å². The molecule has 0 saturated carbocycles. The number of pyridine rings is 1. The molecule has 1 aliphatic heterocycles. The van der Waals surface area contributed by atoms with Gasteiger partial charge in [-0.2, -0.15) is 0 Å². The third kappa shape index (κ3) is 4.75. The molecule has 0 spiro atoms. The molecule has 0 radical (unpaired) electrons. The highest BCUT2D eigenvalue weighted by Crippen LogP contribution is 2.28. The summed E-state index contributed by atoms with van der Waals surface area (Å²) in [5.74, 6) is 0.826. The van der Waals surface area contributed by atoms with Gasteiger partial charge in [0.15, 0.2) is 11.6 Å². The first-order valence-corrected chi connectivity index (χ1v) is 9.66. The van der Waals surface area contributed by atoms with E-state index < -0.39 is 5.82 Å². The Bertz CT molecular complexity index is 1010. The molecule has 2 aromatic carbocycles. The van der Waals surface area contributed by atoms with E-state index in [0.29, 0.717) is 30.3 Å². The number of likely N-dealkylation sites (N-methyl/N-ethyl adjacent to an activating group) is 1. The average Bonchev–Trinajstić information content (AvgIpc) is 2.75. The van der Waals surface area contributed by atoms with Gasteiger partial charge >= 0.3 is 0 Å². The second-order valence-electron chi connectivity index (χ2n) is 7.11. The fourth-order valence-corrected chi connectivity index (χ4v) is 3.23. The zero-order valence-corrected chi connectivity index (χ0v) is 16.5. The number of nitrogens with zero attached hydrogens (tertiary/aromatic N) is 2. The maximum absolute atomic E-state index is 14.5. The highest BCUT2D eigenvalue weighted by Gasteiger charge is 2.25. The van der Waals surface area contributed by atoms with Crippen molar-refractivity contribution in [1.82, 2.24) is 9.88 Å². The molecule has 4 rings (SSSR count). The lowest BCUT2D eigenvalue weighted by atomic mass is 10.0. The zero-order chi connectivity index (χ0) is 20.9. The maximum atomic E-state index is 14.5. The first kappa shape index (κ1) is 19.8. The van der Waals surface area contributed by atoms with Crippen LogP contribution in [0.1, 0.15) is 5.56 Å². The van der Waals surface area contributed by atoms with Crippen molar-refractivity contribution in [2.75, 3.05) is 25.6 Å². The van der Waals surface area contributed by atoms with Crippen LogP contribution >= 0.6 is 0 Å². The van der Waals surface area contributed by atoms with Crippen LogP contribution in [0.15, 0.2) is 66.9 Å². The number of anilines is 2. The molecule has 0 aliphatic carbocycles. The number of nitrogens with one attached hydrogen (secondary N) is 1. The Hall–Kier alpha value is -3.45. The molecule has 1 aromatic heterocycles. The van der Waals surface area contributed by atoms with Gasteiger partial charge in [-0.3, -0.25) is 4.79 Å². The van der Waals surface area contributed by atoms with Gasteiger partial charge < -0.3 is 19.7 Å². The number of carbonyl (C=O) groups excluding carboxylic acids is 1. The Kier molecular flexibility index (Phi) is 5.90. The molecule has 1 aliphatic rings. The van der Waals surface area contributed by atoms with Gasteiger partial charge in [0.1, 0.15) is 18.2 Å². The van der Waals surface area contributed by atoms with Crippen molar-refractivity contribution in [3.8, 4) is 11.5 Å². The van der Waals surface area contributed by atoms with Gasteiger partial charge in [0.25, 0.3) is 0 Å². The molecule has 0 bridgehead atoms. The Morgan fingerprint density at radius 1 is 1.20 bits per heavy atom. The van der Waals surface area contributed by atoms with Crippen molar-refractivity contribution < 1.29 is 18.7 Å². The maximum Gasteiger partial charge on any atom is 0.248 e. The summed E-state index contributed by atoms with van der Waals surface area (Å²) in [6.07, 6.45) is 2.35. The van der Waals surface area contributed by atoms with Gasteiger partial charge in [0.2, 0.25) is 5.91 Å². The molecule has 1 amide bonds. The molecular weight excluding hydrogens is 385 g/mol. The average molecular weight is 407 g/mol. The van der Waals surface area contributed by atoms with E-state index in [1.807, 2.05) is 24.3 Å². The molecule has 6 nitrogen and oxygen atoms in total. The number of aromatic nitrogens is 1. The van der Waals surface area contributed by atoms with Crippen LogP contribution in [0.25, 0.3) is 0 Å². The first-order valence-electron chi connectivity index (χ1n) is 9.66. The van der Waals surface area contributed by atoms with Gasteiger partial charge in [-0.25, -0.2) is 9.37 Å². The summed E-state index contributed by atoms with van der Waals surface area (Å²) in [5.41, 5.74) is 1.63. The number of halogens is 1. The molecule has 30 heavy (non-hydrogen) atoms. The molecule has 1 unspecified atom stereocenters. The largest absolute Gasteiger partial charge is 0.454 e. The summed E-state index contributed by atoms with van der Waals surface area (Å²) in [6, 6.07) is 17.6. The summed E-state index contributed by atoms with van der Waals surface area (Å²) < 4.78 is 25.5. The highest BCUT2D eigenvalue weighted by atomic mass is 19.1. The summed E-state index contributed by atoms with van der Waals surface area (Å²) in [7, 11) is 1.79. The fourth-order valence-electron chi connectivity index (χ4n) is 3.23. The van der Waals surface area contributed by atoms with Crippen molar-refractivity contribution in [3.05, 3.63) is 78.2 Å². The van der Waals surface area contributed by atoms with E-state index in [0.717, 1.165) is 5.56 Å². The molecule has 1 atom stereocenters. The van der Waals surface area contributed by atoms with Crippen LogP contribution in [-0.2, 0) is 16.0 Å². The summed E-state index contributed by atoms with van der Waals surface area (Å²) in [4.78, 5) is 17.6. The Labute approximate surface area is 174 Å². The fraction of sp³-hybridized carbons (Fsp3) is 0.217. The molecule has 1 N–H and O–H groups in total. The van der Waals surface area contributed by atoms with E-state index in [1.165, 1.54) is 6.07 Å². The van der Waals surface area contributed by atoms with E-state index in [2.05, 4.69) is 10.3 Å². The van der Waals surface area contributed by atoms with Crippen LogP contribution < -0.4 is 10.1 Å². The van der Waals surface area contributed by atoms with Crippen molar-refractivity contribution in [3.63, 3.8) is 0 Å². The lowest BCUT2D eigenvalue weighted by Gasteiger charge is -2.32. The van der Waals surface area contributed by atoms with Crippen molar-refractivity contribution >= 4 is 17.4 Å². The number of morpholine rings is 1. The van der Waals surface area contributed by atoms with Crippen molar-refractivity contribution in [2.24, 2.45) is 0 Å². The normalized spacial score (nSPS) is 16.4. The highest BCUT2D eigenvalue weighted by molar-refractivity contribution is 5.78. The zero-order valence-electron chi connectivity index (χ0n) is 16.5. The monoisotopic (exact) mass is 407 g/mol. The lowest BCUT2D eigenvalue weighted by Crippen LogP contribution is -2.47. The van der Waals surface area contributed by atoms with Crippen molar-refractivity contribution in [2.45, 2.75) is 12.5 Å². The summed E-state index contributed by atoms with van der Waals surface area (Å²) in [6.45, 7) is 0.659. The third-order valence-electron chi connectivity index (χ3n) is 4.97. The number of amides is 1. The topological polar surface area (TPSA) is 63.7 Å². The van der Waals surface area contributed by atoms with E-state index in [4.69, 9.17) is 9.47 Å². The van der Waals surface area contributed by atoms with Gasteiger partial charge in [0, 0.05) is 25.0 Å². The van der Waals surface area contributed by atoms with Crippen molar-refractivity contribution in [1.29, 1.82) is 0 Å². The van der Waals surface area contributed by atoms with Crippen LogP contribution in [0.2, 0.25) is 0 Å². The number of hydrogen-bond acceptors (Lipinski definition) is 5. The van der Waals surface area contributed by atoms with Gasteiger partial charge in [-0.15, -0.1) is 0 Å². The molecule has 7 heteroatoms. The molecule has 1 saturated heterocycles. The molecule has 3 aromatic rings. The second kappa shape index (κ2) is 8.92. The second-order valence-corrected chi connectivity index (χ2v) is 7.11. The minimum absolute atomic E-state index is 0.00890. The summed E-state index contributed by atoms with van der Waals surface area (Å²) in [5, 5.41) is 3.04. The SMILES string of the molecule is CN1C(=O)COCC1Cc1ccc(Oc2ccc(Nc3ccccn3)cc2F)cc1. The van der Waals surface area contributed by atoms with E-state index in [1.54, 1.807) is 48.5 Å². The van der Waals surface area contributed by atoms with Crippen LogP contribution in [0.4, 0.5) is 15.9 Å². The number of benzene rings is 2. The quantitative estimate of drug-likeness (QED) is 0.665. The van der Waals surface area contributed by atoms with Crippen LogP contribution in [-0.4, -0.2) is 42.1 Å². The predicted octanol–water partition coefficient (Wildman–Crippen LogP) is 4.16. The van der Waals surface area contributed by atoms with E-state index in [-0.39, 0.29) is 24.3 Å². The smallest absolute Gasteiger partial charge is 0.248 e. The Balaban J connectivity index is 1.39. The van der Waals surface area contributed by atoms with Crippen LogP contribution in [0.3, 0.4) is 0 Å². The third-order valence-corrected chi connectivity index (χ3v) is 4.97. The number of carbonyl (C=O) groups is 1. The number of rotatable bonds is 6. The molecule has 1 fully saturated rings. The standard InChI is InChI=1S/C23H22FN3O3/c1-27-18(14-29-15-23(27)28)12-16-5-8-19(9-6-16)30-21-10-7-17(13-20(21)24)26-22-4-2-3-11-25-22/h2-11,13,18H,12,14-15H2,1H3,(H,25,26). The number of ether oxygens (including phenoxy) is 2. The van der Waals surface area contributed by atoms with E-state index >= 15 is 0 Å². The predicted molar refractivity (Wildman–Crippen MR) is 112 cm³/mol. The van der Waals surface area contributed by atoms with Gasteiger partial charge in [-0.05, 0) is 48.4 Å². The first-order chi connectivity index (χ1) is 14.6.